The van der Waals surface area contributed by atoms with Crippen molar-refractivity contribution in [2.75, 3.05) is 50.7 Å². The second-order valence-corrected chi connectivity index (χ2v) is 10.3. The zero-order chi connectivity index (χ0) is 22.7. The van der Waals surface area contributed by atoms with E-state index < -0.39 is 11.4 Å². The fourth-order valence-electron chi connectivity index (χ4n) is 4.69. The number of carbonyl (C=O) groups is 1. The molecule has 178 valence electrons. The monoisotopic (exact) mass is 449 g/mol. The molecule has 3 aliphatic heterocycles. The molecular weight excluding hydrogens is 413 g/mol. The average molecular weight is 450 g/mol. The third-order valence-electron chi connectivity index (χ3n) is 6.38. The van der Waals surface area contributed by atoms with Crippen LogP contribution in [0.1, 0.15) is 46.5 Å². The lowest BCUT2D eigenvalue weighted by Crippen LogP contribution is -2.55. The van der Waals surface area contributed by atoms with Crippen LogP contribution in [-0.2, 0) is 9.47 Å². The number of nitrogens with zero attached hydrogens (tertiary/aromatic N) is 5. The molecule has 8 nitrogen and oxygen atoms in total. The van der Waals surface area contributed by atoms with E-state index in [0.717, 1.165) is 71.5 Å². The average Bonchev–Trinajstić information content (AvgIpc) is 2.71. The SMILES string of the molecule is CC(C)(C)OC(=O)N1CC(CN2CCC(OC3CCN(c4ncc(F)cn4)CC3)CC2)C1. The molecule has 1 aromatic rings. The van der Waals surface area contributed by atoms with E-state index in [1.165, 1.54) is 12.4 Å². The van der Waals surface area contributed by atoms with E-state index in [0.29, 0.717) is 18.0 Å². The highest BCUT2D eigenvalue weighted by molar-refractivity contribution is 5.69. The zero-order valence-electron chi connectivity index (χ0n) is 19.5. The van der Waals surface area contributed by atoms with Gasteiger partial charge in [-0.1, -0.05) is 0 Å². The molecule has 0 aromatic carbocycles. The Morgan fingerprint density at radius 3 is 2.16 bits per heavy atom. The fourth-order valence-corrected chi connectivity index (χ4v) is 4.69. The molecule has 4 rings (SSSR count). The fraction of sp³-hybridized carbons (Fsp3) is 0.783. The summed E-state index contributed by atoms with van der Waals surface area (Å²) in [7, 11) is 0. The van der Waals surface area contributed by atoms with Crippen LogP contribution in [0.4, 0.5) is 15.1 Å². The number of hydrogen-bond acceptors (Lipinski definition) is 7. The van der Waals surface area contributed by atoms with Crippen LogP contribution in [0.3, 0.4) is 0 Å². The molecule has 32 heavy (non-hydrogen) atoms. The number of likely N-dealkylation sites (tertiary alicyclic amines) is 2. The van der Waals surface area contributed by atoms with Crippen molar-refractivity contribution in [3.8, 4) is 0 Å². The van der Waals surface area contributed by atoms with Gasteiger partial charge in [0.25, 0.3) is 0 Å². The van der Waals surface area contributed by atoms with E-state index in [2.05, 4.69) is 19.8 Å². The number of piperidine rings is 2. The predicted molar refractivity (Wildman–Crippen MR) is 119 cm³/mol. The van der Waals surface area contributed by atoms with Crippen molar-refractivity contribution >= 4 is 12.0 Å². The largest absolute Gasteiger partial charge is 0.444 e. The minimum Gasteiger partial charge on any atom is -0.444 e. The lowest BCUT2D eigenvalue weighted by Gasteiger charge is -2.43. The summed E-state index contributed by atoms with van der Waals surface area (Å²) in [5, 5.41) is 0. The molecule has 1 aromatic heterocycles. The van der Waals surface area contributed by atoms with Crippen LogP contribution in [0.2, 0.25) is 0 Å². The van der Waals surface area contributed by atoms with Crippen molar-refractivity contribution in [2.45, 2.75) is 64.3 Å². The topological polar surface area (TPSA) is 71.0 Å². The molecule has 0 unspecified atom stereocenters. The number of aromatic nitrogens is 2. The number of halogens is 1. The molecule has 3 fully saturated rings. The summed E-state index contributed by atoms with van der Waals surface area (Å²) in [4.78, 5) is 26.6. The van der Waals surface area contributed by atoms with Crippen molar-refractivity contribution in [2.24, 2.45) is 5.92 Å². The third kappa shape index (κ3) is 6.28. The van der Waals surface area contributed by atoms with Gasteiger partial charge in [0.05, 0.1) is 24.6 Å². The van der Waals surface area contributed by atoms with Crippen molar-refractivity contribution in [1.82, 2.24) is 19.8 Å². The lowest BCUT2D eigenvalue weighted by molar-refractivity contribution is -0.0560. The maximum absolute atomic E-state index is 13.0. The van der Waals surface area contributed by atoms with Gasteiger partial charge in [-0.05, 0) is 46.5 Å². The van der Waals surface area contributed by atoms with Gasteiger partial charge in [-0.3, -0.25) is 0 Å². The lowest BCUT2D eigenvalue weighted by atomic mass is 9.98. The number of amides is 1. The molecule has 4 heterocycles. The van der Waals surface area contributed by atoms with Crippen LogP contribution in [0.5, 0.6) is 0 Å². The van der Waals surface area contributed by atoms with Crippen LogP contribution in [0.15, 0.2) is 12.4 Å². The van der Waals surface area contributed by atoms with Gasteiger partial charge in [-0.15, -0.1) is 0 Å². The Bertz CT molecular complexity index is 750. The van der Waals surface area contributed by atoms with Crippen LogP contribution in [0, 0.1) is 11.7 Å². The predicted octanol–water partition coefficient (Wildman–Crippen LogP) is 2.93. The first-order valence-corrected chi connectivity index (χ1v) is 11.8. The highest BCUT2D eigenvalue weighted by atomic mass is 19.1. The summed E-state index contributed by atoms with van der Waals surface area (Å²) in [6, 6.07) is 0. The standard InChI is InChI=1S/C23H36FN5O3/c1-23(2,3)32-22(30)29-15-17(16-29)14-27-8-4-19(5-9-27)31-20-6-10-28(11-7-20)21-25-12-18(24)13-26-21/h12-13,17,19-20H,4-11,14-16H2,1-3H3. The van der Waals surface area contributed by atoms with Gasteiger partial charge in [-0.25, -0.2) is 19.2 Å². The summed E-state index contributed by atoms with van der Waals surface area (Å²) in [5.74, 6) is 0.730. The summed E-state index contributed by atoms with van der Waals surface area (Å²) in [6.45, 7) is 12.1. The maximum atomic E-state index is 13.0. The van der Waals surface area contributed by atoms with Gasteiger partial charge in [0.2, 0.25) is 5.95 Å². The molecule has 0 bridgehead atoms. The van der Waals surface area contributed by atoms with E-state index in [4.69, 9.17) is 9.47 Å². The second-order valence-electron chi connectivity index (χ2n) is 10.3. The van der Waals surface area contributed by atoms with Gasteiger partial charge in [0, 0.05) is 51.7 Å². The molecule has 1 amide bonds. The molecule has 3 aliphatic rings. The molecule has 0 aliphatic carbocycles. The number of rotatable bonds is 5. The van der Waals surface area contributed by atoms with Gasteiger partial charge in [0.15, 0.2) is 5.82 Å². The Kier molecular flexibility index (Phi) is 7.14. The summed E-state index contributed by atoms with van der Waals surface area (Å²) >= 11 is 0. The van der Waals surface area contributed by atoms with Gasteiger partial charge in [0.1, 0.15) is 5.60 Å². The van der Waals surface area contributed by atoms with Crippen molar-refractivity contribution in [3.05, 3.63) is 18.2 Å². The highest BCUT2D eigenvalue weighted by Gasteiger charge is 2.35. The smallest absolute Gasteiger partial charge is 0.410 e. The first kappa shape index (κ1) is 23.2. The molecule has 0 spiro atoms. The minimum absolute atomic E-state index is 0.196. The number of carbonyl (C=O) groups excluding carboxylic acids is 1. The van der Waals surface area contributed by atoms with Crippen LogP contribution in [-0.4, -0.2) is 89.5 Å². The second kappa shape index (κ2) is 9.87. The third-order valence-corrected chi connectivity index (χ3v) is 6.38. The van der Waals surface area contributed by atoms with Gasteiger partial charge in [-0.2, -0.15) is 0 Å². The summed E-state index contributed by atoms with van der Waals surface area (Å²) in [5.41, 5.74) is -0.435. The summed E-state index contributed by atoms with van der Waals surface area (Å²) < 4.78 is 24.8. The minimum atomic E-state index is -0.435. The quantitative estimate of drug-likeness (QED) is 0.684. The van der Waals surface area contributed by atoms with Crippen molar-refractivity contribution in [3.63, 3.8) is 0 Å². The van der Waals surface area contributed by atoms with Gasteiger partial charge < -0.3 is 24.2 Å². The van der Waals surface area contributed by atoms with E-state index in [9.17, 15) is 9.18 Å². The number of ether oxygens (including phenoxy) is 2. The molecule has 0 saturated carbocycles. The van der Waals surface area contributed by atoms with Crippen molar-refractivity contribution < 1.29 is 18.7 Å². The van der Waals surface area contributed by atoms with Crippen LogP contribution in [0.25, 0.3) is 0 Å². The Morgan fingerprint density at radius 2 is 1.59 bits per heavy atom. The van der Waals surface area contributed by atoms with Crippen molar-refractivity contribution in [1.29, 1.82) is 0 Å². The van der Waals surface area contributed by atoms with E-state index in [1.807, 2.05) is 20.8 Å². The number of hydrogen-bond donors (Lipinski definition) is 0. The Labute approximate surface area is 190 Å². The molecular formula is C23H36FN5O3. The van der Waals surface area contributed by atoms with Crippen LogP contribution < -0.4 is 4.90 Å². The van der Waals surface area contributed by atoms with E-state index in [-0.39, 0.29) is 12.2 Å². The molecule has 9 heteroatoms. The molecule has 0 radical (unpaired) electrons. The highest BCUT2D eigenvalue weighted by Crippen LogP contribution is 2.25. The molecule has 3 saturated heterocycles. The first-order chi connectivity index (χ1) is 15.2. The van der Waals surface area contributed by atoms with E-state index in [1.54, 1.807) is 4.90 Å². The summed E-state index contributed by atoms with van der Waals surface area (Å²) in [6.07, 6.45) is 6.86. The maximum Gasteiger partial charge on any atom is 0.410 e. The molecule has 0 N–H and O–H groups in total. The van der Waals surface area contributed by atoms with Gasteiger partial charge >= 0.3 is 6.09 Å². The molecule has 0 atom stereocenters. The van der Waals surface area contributed by atoms with Crippen LogP contribution >= 0.6 is 0 Å². The Hall–Kier alpha value is -2.00. The number of anilines is 1. The zero-order valence-corrected chi connectivity index (χ0v) is 19.5. The Balaban J connectivity index is 1.10. The normalized spacial score (nSPS) is 22.1. The Morgan fingerprint density at radius 1 is 1.03 bits per heavy atom. The van der Waals surface area contributed by atoms with E-state index >= 15 is 0 Å². The first-order valence-electron chi connectivity index (χ1n) is 11.8.